The van der Waals surface area contributed by atoms with Gasteiger partial charge in [0.1, 0.15) is 17.0 Å². The number of nitrogens with one attached hydrogen (secondary N) is 1. The number of hydrogen-bond donors (Lipinski definition) is 4. The topological polar surface area (TPSA) is 124 Å². The molecule has 4 atom stereocenters. The number of phenolic OH excluding ortho intramolecular Hbond substituents is 1. The summed E-state index contributed by atoms with van der Waals surface area (Å²) in [4.78, 5) is 36.5. The summed E-state index contributed by atoms with van der Waals surface area (Å²) in [5, 5.41) is 31.4. The smallest absolute Gasteiger partial charge is 0.339 e. The van der Waals surface area contributed by atoms with Gasteiger partial charge in [-0.2, -0.15) is 0 Å². The van der Waals surface area contributed by atoms with Crippen LogP contribution in [-0.4, -0.2) is 33.0 Å². The van der Waals surface area contributed by atoms with Crippen LogP contribution >= 0.6 is 0 Å². The van der Waals surface area contributed by atoms with E-state index in [2.05, 4.69) is 18.0 Å². The summed E-state index contributed by atoms with van der Waals surface area (Å²) in [6.07, 6.45) is 11.0. The van der Waals surface area contributed by atoms with E-state index in [0.29, 0.717) is 12.3 Å². The zero-order valence-electron chi connectivity index (χ0n) is 17.9. The molecule has 7 nitrogen and oxygen atoms in total. The van der Waals surface area contributed by atoms with Crippen LogP contribution in [0.25, 0.3) is 0 Å². The maximum absolute atomic E-state index is 12.9. The third-order valence-corrected chi connectivity index (χ3v) is 7.65. The minimum absolute atomic E-state index is 0.0422. The number of hydrogen-bond acceptors (Lipinski definition) is 5. The molecule has 32 heavy (non-hydrogen) atoms. The third kappa shape index (κ3) is 3.42. The number of aromatic hydroxyl groups is 2. The fraction of sp³-hybridized carbons (Fsp3) is 0.400. The fourth-order valence-electron chi connectivity index (χ4n) is 5.86. The van der Waals surface area contributed by atoms with Gasteiger partial charge in [0, 0.05) is 5.41 Å². The van der Waals surface area contributed by atoms with E-state index in [1.807, 2.05) is 6.92 Å². The summed E-state index contributed by atoms with van der Waals surface area (Å²) in [5.41, 5.74) is -0.206. The molecular weight excluding hydrogens is 410 g/mol. The third-order valence-electron chi connectivity index (χ3n) is 7.65. The fourth-order valence-corrected chi connectivity index (χ4v) is 5.86. The second-order valence-corrected chi connectivity index (χ2v) is 9.46. The van der Waals surface area contributed by atoms with E-state index in [-0.39, 0.29) is 22.8 Å². The number of carboxylic acids is 1. The molecule has 3 saturated carbocycles. The van der Waals surface area contributed by atoms with Crippen LogP contribution in [-0.2, 0) is 9.59 Å². The van der Waals surface area contributed by atoms with E-state index in [1.54, 1.807) is 12.2 Å². The molecule has 168 valence electrons. The Kier molecular flexibility index (Phi) is 5.23. The van der Waals surface area contributed by atoms with Crippen molar-refractivity contribution >= 4 is 23.3 Å². The summed E-state index contributed by atoms with van der Waals surface area (Å²) >= 11 is 0. The van der Waals surface area contributed by atoms with Crippen LogP contribution in [0.1, 0.15) is 49.4 Å². The lowest BCUT2D eigenvalue weighted by Gasteiger charge is -2.59. The van der Waals surface area contributed by atoms with Crippen molar-refractivity contribution in [2.24, 2.45) is 22.7 Å². The van der Waals surface area contributed by atoms with Crippen LogP contribution in [0.4, 0.5) is 5.69 Å². The zero-order valence-corrected chi connectivity index (χ0v) is 17.9. The quantitative estimate of drug-likeness (QED) is 0.311. The molecule has 1 spiro atoms. The van der Waals surface area contributed by atoms with Gasteiger partial charge in [0.25, 0.3) is 0 Å². The molecule has 0 radical (unpaired) electrons. The molecule has 0 saturated heterocycles. The molecule has 4 aliphatic rings. The highest BCUT2D eigenvalue weighted by molar-refractivity contribution is 6.04. The van der Waals surface area contributed by atoms with Gasteiger partial charge >= 0.3 is 5.97 Å². The SMILES string of the molecule is C=C1C[C@@]23C=CC(=O)[C@](C)(C/C=C/C(=O)Nc4c(O)ccc(C(=O)O)c4O)C2C[C@@H]1CC3. The molecular formula is C25H27NO6. The molecule has 1 aromatic rings. The van der Waals surface area contributed by atoms with Crippen molar-refractivity contribution in [1.29, 1.82) is 0 Å². The van der Waals surface area contributed by atoms with E-state index >= 15 is 0 Å². The van der Waals surface area contributed by atoms with Crippen molar-refractivity contribution in [3.8, 4) is 11.5 Å². The Balaban J connectivity index is 1.51. The van der Waals surface area contributed by atoms with E-state index < -0.39 is 34.4 Å². The number of anilines is 1. The molecule has 1 amide bonds. The molecule has 1 aromatic carbocycles. The molecule has 0 heterocycles. The Morgan fingerprint density at radius 1 is 1.31 bits per heavy atom. The summed E-state index contributed by atoms with van der Waals surface area (Å²) in [5.74, 6) is -2.52. The van der Waals surface area contributed by atoms with Gasteiger partial charge in [-0.3, -0.25) is 9.59 Å². The number of aromatic carboxylic acids is 1. The highest BCUT2D eigenvalue weighted by atomic mass is 16.4. The van der Waals surface area contributed by atoms with E-state index in [0.717, 1.165) is 37.8 Å². The Labute approximate surface area is 186 Å². The number of rotatable bonds is 5. The maximum atomic E-state index is 12.9. The standard InChI is InChI=1S/C25H27NO6/c1-14-13-25-10-7-15(14)12-18(25)24(2,19(28)8-11-25)9-3-4-20(29)26-21-17(27)6-5-16(22(21)30)23(31)32/h3-6,8,11,15,18,27,30H,1,7,9-10,12-13H2,2H3,(H,26,29)(H,31,32)/b4-3+/t15-,18?,24+,25+/m0/s1. The second-order valence-electron chi connectivity index (χ2n) is 9.46. The summed E-state index contributed by atoms with van der Waals surface area (Å²) < 4.78 is 0. The molecule has 1 unspecified atom stereocenters. The Morgan fingerprint density at radius 2 is 2.06 bits per heavy atom. The van der Waals surface area contributed by atoms with Crippen molar-refractivity contribution in [2.45, 2.75) is 39.0 Å². The molecule has 3 fully saturated rings. The number of phenols is 2. The van der Waals surface area contributed by atoms with Crippen LogP contribution in [0.2, 0.25) is 0 Å². The van der Waals surface area contributed by atoms with Gasteiger partial charge < -0.3 is 20.6 Å². The zero-order chi connectivity index (χ0) is 23.3. The summed E-state index contributed by atoms with van der Waals surface area (Å²) in [6, 6.07) is 2.13. The van der Waals surface area contributed by atoms with Crippen molar-refractivity contribution in [3.63, 3.8) is 0 Å². The van der Waals surface area contributed by atoms with Gasteiger partial charge in [-0.25, -0.2) is 4.79 Å². The number of ketones is 1. The van der Waals surface area contributed by atoms with Crippen LogP contribution < -0.4 is 5.32 Å². The first-order valence-electron chi connectivity index (χ1n) is 10.7. The van der Waals surface area contributed by atoms with E-state index in [1.165, 1.54) is 11.6 Å². The minimum atomic E-state index is -1.39. The average Bonchev–Trinajstić information content (AvgIpc) is 2.74. The number of fused-ring (bicyclic) bond motifs is 2. The van der Waals surface area contributed by atoms with Gasteiger partial charge in [-0.1, -0.05) is 31.2 Å². The van der Waals surface area contributed by atoms with Crippen molar-refractivity contribution in [2.75, 3.05) is 5.32 Å². The van der Waals surface area contributed by atoms with E-state index in [9.17, 15) is 24.6 Å². The molecule has 4 aliphatic carbocycles. The largest absolute Gasteiger partial charge is 0.506 e. The monoisotopic (exact) mass is 437 g/mol. The van der Waals surface area contributed by atoms with Crippen LogP contribution in [0, 0.1) is 22.7 Å². The highest BCUT2D eigenvalue weighted by Gasteiger charge is 2.57. The minimum Gasteiger partial charge on any atom is -0.506 e. The lowest BCUT2D eigenvalue weighted by atomic mass is 9.44. The number of benzene rings is 1. The first-order valence-corrected chi connectivity index (χ1v) is 10.7. The Hall–Kier alpha value is -3.35. The number of amides is 1. The number of carboxylic acid groups (broad SMARTS) is 1. The molecule has 2 bridgehead atoms. The average molecular weight is 437 g/mol. The lowest BCUT2D eigenvalue weighted by molar-refractivity contribution is -0.134. The summed E-state index contributed by atoms with van der Waals surface area (Å²) in [7, 11) is 0. The second kappa shape index (κ2) is 7.65. The van der Waals surface area contributed by atoms with E-state index in [4.69, 9.17) is 5.11 Å². The molecule has 5 rings (SSSR count). The molecule has 0 aromatic heterocycles. The van der Waals surface area contributed by atoms with Crippen molar-refractivity contribution < 1.29 is 29.7 Å². The Bertz CT molecular complexity index is 1090. The van der Waals surface area contributed by atoms with Gasteiger partial charge in [0.15, 0.2) is 11.5 Å². The number of carbonyl (C=O) groups excluding carboxylic acids is 2. The predicted molar refractivity (Wildman–Crippen MR) is 118 cm³/mol. The number of carbonyl (C=O) groups is 3. The first-order chi connectivity index (χ1) is 15.1. The molecule has 7 heteroatoms. The Morgan fingerprint density at radius 3 is 2.75 bits per heavy atom. The van der Waals surface area contributed by atoms with Crippen LogP contribution in [0.3, 0.4) is 0 Å². The van der Waals surface area contributed by atoms with Crippen LogP contribution in [0.5, 0.6) is 11.5 Å². The van der Waals surface area contributed by atoms with Gasteiger partial charge in [-0.05, 0) is 73.6 Å². The summed E-state index contributed by atoms with van der Waals surface area (Å²) in [6.45, 7) is 6.21. The predicted octanol–water partition coefficient (Wildman–Crippen LogP) is 4.19. The maximum Gasteiger partial charge on any atom is 0.339 e. The van der Waals surface area contributed by atoms with Crippen molar-refractivity contribution in [1.82, 2.24) is 0 Å². The van der Waals surface area contributed by atoms with Crippen LogP contribution in [0.15, 0.2) is 48.6 Å². The normalized spacial score (nSPS) is 31.0. The molecule has 0 aliphatic heterocycles. The van der Waals surface area contributed by atoms with Gasteiger partial charge in [0.05, 0.1) is 0 Å². The lowest BCUT2D eigenvalue weighted by Crippen LogP contribution is -2.53. The first kappa shape index (κ1) is 21.9. The van der Waals surface area contributed by atoms with Gasteiger partial charge in [-0.15, -0.1) is 0 Å². The molecule has 4 N–H and O–H groups in total. The number of allylic oxidation sites excluding steroid dienone is 4. The van der Waals surface area contributed by atoms with Crippen molar-refractivity contribution in [3.05, 3.63) is 54.2 Å². The van der Waals surface area contributed by atoms with Gasteiger partial charge in [0.2, 0.25) is 5.91 Å². The highest BCUT2D eigenvalue weighted by Crippen LogP contribution is 2.64.